The molecular weight excluding hydrogens is 252 g/mol. The van der Waals surface area contributed by atoms with Gasteiger partial charge in [0.15, 0.2) is 0 Å². The number of halogens is 1. The number of carboxylic acid groups (broad SMARTS) is 1. The minimum atomic E-state index is -1.12. The number of carboxylic acids is 1. The summed E-state index contributed by atoms with van der Waals surface area (Å²) in [6.45, 7) is 0. The Labute approximate surface area is 109 Å². The number of aromatic carboxylic acids is 1. The van der Waals surface area contributed by atoms with E-state index >= 15 is 0 Å². The SMILES string of the molecule is O=C(O)c1cnc(CCc2ccccc2)nc1Cl. The molecule has 1 N–H and O–H groups in total. The Morgan fingerprint density at radius 1 is 1.22 bits per heavy atom. The van der Waals surface area contributed by atoms with Gasteiger partial charge in [-0.2, -0.15) is 0 Å². The third-order valence-corrected chi connectivity index (χ3v) is 2.79. The molecule has 1 heterocycles. The van der Waals surface area contributed by atoms with Crippen LogP contribution in [0.25, 0.3) is 0 Å². The lowest BCUT2D eigenvalue weighted by atomic mass is 10.1. The van der Waals surface area contributed by atoms with Crippen molar-refractivity contribution in [2.24, 2.45) is 0 Å². The maximum Gasteiger partial charge on any atom is 0.340 e. The quantitative estimate of drug-likeness (QED) is 0.861. The lowest BCUT2D eigenvalue weighted by Crippen LogP contribution is -2.05. The van der Waals surface area contributed by atoms with E-state index in [-0.39, 0.29) is 10.7 Å². The minimum Gasteiger partial charge on any atom is -0.478 e. The normalized spacial score (nSPS) is 10.3. The van der Waals surface area contributed by atoms with Gasteiger partial charge >= 0.3 is 5.97 Å². The van der Waals surface area contributed by atoms with E-state index in [4.69, 9.17) is 16.7 Å². The van der Waals surface area contributed by atoms with E-state index in [0.717, 1.165) is 6.42 Å². The number of rotatable bonds is 4. The molecular formula is C13H11ClN2O2. The first-order valence-corrected chi connectivity index (χ1v) is 5.83. The summed E-state index contributed by atoms with van der Waals surface area (Å²) < 4.78 is 0. The second-order valence-electron chi connectivity index (χ2n) is 3.78. The van der Waals surface area contributed by atoms with E-state index in [1.54, 1.807) is 0 Å². The van der Waals surface area contributed by atoms with E-state index in [9.17, 15) is 4.79 Å². The zero-order valence-corrected chi connectivity index (χ0v) is 10.3. The highest BCUT2D eigenvalue weighted by Crippen LogP contribution is 2.13. The Morgan fingerprint density at radius 2 is 1.94 bits per heavy atom. The van der Waals surface area contributed by atoms with E-state index in [0.29, 0.717) is 12.2 Å². The molecule has 0 aliphatic carbocycles. The number of hydrogen-bond acceptors (Lipinski definition) is 3. The molecule has 18 heavy (non-hydrogen) atoms. The Balaban J connectivity index is 2.07. The number of benzene rings is 1. The zero-order valence-electron chi connectivity index (χ0n) is 9.51. The lowest BCUT2D eigenvalue weighted by Gasteiger charge is -2.03. The second-order valence-corrected chi connectivity index (χ2v) is 4.14. The van der Waals surface area contributed by atoms with Gasteiger partial charge in [-0.25, -0.2) is 14.8 Å². The van der Waals surface area contributed by atoms with Crippen molar-refractivity contribution in [2.75, 3.05) is 0 Å². The lowest BCUT2D eigenvalue weighted by molar-refractivity contribution is 0.0696. The zero-order chi connectivity index (χ0) is 13.0. The fraction of sp³-hybridized carbons (Fsp3) is 0.154. The van der Waals surface area contributed by atoms with Crippen molar-refractivity contribution in [3.8, 4) is 0 Å². The molecule has 0 fully saturated rings. The highest BCUT2D eigenvalue weighted by Gasteiger charge is 2.11. The third-order valence-electron chi connectivity index (χ3n) is 2.50. The Kier molecular flexibility index (Phi) is 3.89. The average Bonchev–Trinajstić information content (AvgIpc) is 2.37. The van der Waals surface area contributed by atoms with Crippen LogP contribution in [-0.2, 0) is 12.8 Å². The van der Waals surface area contributed by atoms with Crippen molar-refractivity contribution in [3.63, 3.8) is 0 Å². The van der Waals surface area contributed by atoms with Gasteiger partial charge in [0.2, 0.25) is 0 Å². The first kappa shape index (κ1) is 12.5. The maximum atomic E-state index is 10.7. The Hall–Kier alpha value is -1.94. The van der Waals surface area contributed by atoms with E-state index < -0.39 is 5.97 Å². The molecule has 0 unspecified atom stereocenters. The van der Waals surface area contributed by atoms with Crippen LogP contribution >= 0.6 is 11.6 Å². The van der Waals surface area contributed by atoms with Gasteiger partial charge in [0, 0.05) is 12.6 Å². The molecule has 0 saturated heterocycles. The first-order chi connectivity index (χ1) is 8.66. The molecule has 0 amide bonds. The number of aryl methyl sites for hydroxylation is 2. The number of carbonyl (C=O) groups is 1. The van der Waals surface area contributed by atoms with Crippen LogP contribution in [0, 0.1) is 0 Å². The fourth-order valence-electron chi connectivity index (χ4n) is 1.56. The van der Waals surface area contributed by atoms with E-state index in [1.807, 2.05) is 30.3 Å². The van der Waals surface area contributed by atoms with Crippen LogP contribution < -0.4 is 0 Å². The topological polar surface area (TPSA) is 63.1 Å². The fourth-order valence-corrected chi connectivity index (χ4v) is 1.79. The molecule has 1 aromatic carbocycles. The Morgan fingerprint density at radius 3 is 2.56 bits per heavy atom. The van der Waals surface area contributed by atoms with Crippen LogP contribution in [0.1, 0.15) is 21.7 Å². The van der Waals surface area contributed by atoms with Crippen LogP contribution in [0.3, 0.4) is 0 Å². The monoisotopic (exact) mass is 262 g/mol. The van der Waals surface area contributed by atoms with Crippen molar-refractivity contribution >= 4 is 17.6 Å². The van der Waals surface area contributed by atoms with Gasteiger partial charge in [0.05, 0.1) is 0 Å². The molecule has 4 nitrogen and oxygen atoms in total. The van der Waals surface area contributed by atoms with E-state index in [1.165, 1.54) is 11.8 Å². The summed E-state index contributed by atoms with van der Waals surface area (Å²) in [4.78, 5) is 18.7. The van der Waals surface area contributed by atoms with Gasteiger partial charge < -0.3 is 5.11 Å². The molecule has 0 saturated carbocycles. The summed E-state index contributed by atoms with van der Waals surface area (Å²) in [6, 6.07) is 9.94. The minimum absolute atomic E-state index is 0.0134. The van der Waals surface area contributed by atoms with Crippen LogP contribution in [0.5, 0.6) is 0 Å². The molecule has 2 rings (SSSR count). The van der Waals surface area contributed by atoms with Crippen molar-refractivity contribution in [3.05, 3.63) is 58.6 Å². The van der Waals surface area contributed by atoms with Crippen LogP contribution in [0.2, 0.25) is 5.15 Å². The summed E-state index contributed by atoms with van der Waals surface area (Å²) in [7, 11) is 0. The van der Waals surface area contributed by atoms with Crippen molar-refractivity contribution in [1.82, 2.24) is 9.97 Å². The molecule has 1 aromatic heterocycles. The maximum absolute atomic E-state index is 10.7. The van der Waals surface area contributed by atoms with Crippen molar-refractivity contribution in [2.45, 2.75) is 12.8 Å². The summed E-state index contributed by atoms with van der Waals surface area (Å²) >= 11 is 5.77. The second kappa shape index (κ2) is 5.60. The number of nitrogens with zero attached hydrogens (tertiary/aromatic N) is 2. The highest BCUT2D eigenvalue weighted by molar-refractivity contribution is 6.32. The van der Waals surface area contributed by atoms with Crippen LogP contribution in [0.15, 0.2) is 36.5 Å². The molecule has 5 heteroatoms. The third kappa shape index (κ3) is 3.05. The highest BCUT2D eigenvalue weighted by atomic mass is 35.5. The molecule has 2 aromatic rings. The van der Waals surface area contributed by atoms with Gasteiger partial charge in [-0.15, -0.1) is 0 Å². The molecule has 0 radical (unpaired) electrons. The molecule has 0 aliphatic heterocycles. The predicted octanol–water partition coefficient (Wildman–Crippen LogP) is 2.61. The van der Waals surface area contributed by atoms with Crippen LogP contribution in [-0.4, -0.2) is 21.0 Å². The molecule has 0 bridgehead atoms. The molecule has 0 atom stereocenters. The molecule has 0 aliphatic rings. The van der Waals surface area contributed by atoms with Gasteiger partial charge in [-0.05, 0) is 12.0 Å². The molecule has 0 spiro atoms. The Bertz CT molecular complexity index is 558. The van der Waals surface area contributed by atoms with E-state index in [2.05, 4.69) is 9.97 Å². The predicted molar refractivity (Wildman–Crippen MR) is 67.9 cm³/mol. The smallest absolute Gasteiger partial charge is 0.340 e. The number of hydrogen-bond donors (Lipinski definition) is 1. The van der Waals surface area contributed by atoms with Gasteiger partial charge in [-0.1, -0.05) is 41.9 Å². The average molecular weight is 263 g/mol. The van der Waals surface area contributed by atoms with Gasteiger partial charge in [0.1, 0.15) is 16.5 Å². The standard InChI is InChI=1S/C13H11ClN2O2/c14-12-10(13(17)18)8-15-11(16-12)7-6-9-4-2-1-3-5-9/h1-5,8H,6-7H2,(H,17,18). The van der Waals surface area contributed by atoms with Gasteiger partial charge in [0.25, 0.3) is 0 Å². The van der Waals surface area contributed by atoms with Gasteiger partial charge in [-0.3, -0.25) is 0 Å². The summed E-state index contributed by atoms with van der Waals surface area (Å²) in [5, 5.41) is 8.79. The molecule has 92 valence electrons. The summed E-state index contributed by atoms with van der Waals surface area (Å²) in [5.41, 5.74) is 1.11. The van der Waals surface area contributed by atoms with Crippen molar-refractivity contribution in [1.29, 1.82) is 0 Å². The summed E-state index contributed by atoms with van der Waals surface area (Å²) in [5.74, 6) is -0.566. The number of aromatic nitrogens is 2. The largest absolute Gasteiger partial charge is 0.478 e. The van der Waals surface area contributed by atoms with Crippen LogP contribution in [0.4, 0.5) is 0 Å². The summed E-state index contributed by atoms with van der Waals surface area (Å²) in [6.07, 6.45) is 2.67. The van der Waals surface area contributed by atoms with Crippen molar-refractivity contribution < 1.29 is 9.90 Å². The first-order valence-electron chi connectivity index (χ1n) is 5.45.